The van der Waals surface area contributed by atoms with Crippen LogP contribution in [-0.2, 0) is 6.42 Å². The van der Waals surface area contributed by atoms with Gasteiger partial charge in [0.1, 0.15) is 5.65 Å². The number of aromatic nitrogens is 2. The molecule has 0 saturated carbocycles. The number of hydrogen-bond donors (Lipinski definition) is 1. The molecule has 0 fully saturated rings. The molecular weight excluding hydrogens is 305 g/mol. The van der Waals surface area contributed by atoms with Crippen LogP contribution in [0.5, 0.6) is 0 Å². The van der Waals surface area contributed by atoms with Gasteiger partial charge in [0.15, 0.2) is 5.69 Å². The van der Waals surface area contributed by atoms with Crippen LogP contribution < -0.4 is 5.32 Å². The van der Waals surface area contributed by atoms with Gasteiger partial charge in [-0.3, -0.25) is 9.20 Å². The molecular formula is C19H20FN3O. The number of fused-ring (bicyclic) bond motifs is 1. The minimum absolute atomic E-state index is 0.149. The number of nitrogens with one attached hydrogen (secondary N) is 1. The number of hydrogen-bond acceptors (Lipinski definition) is 2. The van der Waals surface area contributed by atoms with Crippen molar-refractivity contribution in [3.8, 4) is 0 Å². The normalized spacial score (nSPS) is 10.9. The second-order valence-electron chi connectivity index (χ2n) is 5.88. The van der Waals surface area contributed by atoms with Crippen molar-refractivity contribution in [2.45, 2.75) is 26.2 Å². The molecule has 3 rings (SSSR count). The molecule has 0 aliphatic heterocycles. The van der Waals surface area contributed by atoms with Gasteiger partial charge in [0, 0.05) is 12.7 Å². The zero-order valence-electron chi connectivity index (χ0n) is 13.6. The Bertz CT molecular complexity index is 842. The summed E-state index contributed by atoms with van der Waals surface area (Å²) >= 11 is 0. The molecule has 0 saturated heterocycles. The fraction of sp³-hybridized carbons (Fsp3) is 0.263. The number of rotatable bonds is 6. The summed E-state index contributed by atoms with van der Waals surface area (Å²) < 4.78 is 15.6. The van der Waals surface area contributed by atoms with Crippen LogP contribution in [0.2, 0.25) is 0 Å². The van der Waals surface area contributed by atoms with Gasteiger partial charge in [0.2, 0.25) is 5.95 Å². The molecule has 24 heavy (non-hydrogen) atoms. The summed E-state index contributed by atoms with van der Waals surface area (Å²) in [6.45, 7) is 2.38. The predicted octanol–water partition coefficient (Wildman–Crippen LogP) is 3.53. The highest BCUT2D eigenvalue weighted by molar-refractivity contribution is 5.93. The third kappa shape index (κ3) is 3.62. The average molecular weight is 325 g/mol. The summed E-state index contributed by atoms with van der Waals surface area (Å²) in [5.41, 5.74) is 2.48. The molecule has 1 amide bonds. The second-order valence-corrected chi connectivity index (χ2v) is 5.88. The lowest BCUT2D eigenvalue weighted by atomic mass is 10.1. The van der Waals surface area contributed by atoms with Gasteiger partial charge in [-0.2, -0.15) is 4.39 Å². The van der Waals surface area contributed by atoms with Gasteiger partial charge < -0.3 is 5.32 Å². The number of pyridine rings is 1. The molecule has 4 nitrogen and oxygen atoms in total. The number of benzene rings is 1. The Balaban J connectivity index is 1.53. The van der Waals surface area contributed by atoms with Crippen molar-refractivity contribution >= 4 is 11.6 Å². The van der Waals surface area contributed by atoms with Crippen molar-refractivity contribution in [2.75, 3.05) is 6.54 Å². The number of aryl methyl sites for hydroxylation is 2. The molecule has 2 heterocycles. The van der Waals surface area contributed by atoms with E-state index in [1.165, 1.54) is 9.96 Å². The highest BCUT2D eigenvalue weighted by Crippen LogP contribution is 2.12. The summed E-state index contributed by atoms with van der Waals surface area (Å²) in [7, 11) is 0. The number of carbonyl (C=O) groups excluding carboxylic acids is 1. The molecule has 5 heteroatoms. The first-order chi connectivity index (χ1) is 11.6. The van der Waals surface area contributed by atoms with E-state index in [-0.39, 0.29) is 5.69 Å². The Morgan fingerprint density at radius 1 is 1.17 bits per heavy atom. The average Bonchev–Trinajstić information content (AvgIpc) is 2.92. The van der Waals surface area contributed by atoms with Crippen molar-refractivity contribution in [1.82, 2.24) is 14.7 Å². The van der Waals surface area contributed by atoms with E-state index >= 15 is 0 Å². The van der Waals surface area contributed by atoms with Crippen LogP contribution in [0.4, 0.5) is 4.39 Å². The molecule has 2 aromatic heterocycles. The number of nitrogens with zero attached hydrogens (tertiary/aromatic N) is 2. The Morgan fingerprint density at radius 3 is 2.75 bits per heavy atom. The van der Waals surface area contributed by atoms with E-state index in [4.69, 9.17) is 0 Å². The lowest BCUT2D eigenvalue weighted by Gasteiger charge is -2.04. The van der Waals surface area contributed by atoms with Crippen molar-refractivity contribution in [1.29, 1.82) is 0 Å². The largest absolute Gasteiger partial charge is 0.351 e. The summed E-state index contributed by atoms with van der Waals surface area (Å²) in [6.07, 6.45) is 4.42. The molecule has 0 unspecified atom stereocenters. The molecule has 0 bridgehead atoms. The van der Waals surface area contributed by atoms with Gasteiger partial charge >= 0.3 is 0 Å². The molecule has 1 N–H and O–H groups in total. The monoisotopic (exact) mass is 325 g/mol. The number of unbranched alkanes of at least 4 members (excludes halogenated alkanes) is 1. The SMILES string of the molecule is Cc1ccc2nc(C(=O)NCCCCc3ccccc3)c(F)n2c1. The predicted molar refractivity (Wildman–Crippen MR) is 91.6 cm³/mol. The fourth-order valence-corrected chi connectivity index (χ4v) is 2.65. The van der Waals surface area contributed by atoms with E-state index in [0.717, 1.165) is 24.8 Å². The second kappa shape index (κ2) is 7.25. The van der Waals surface area contributed by atoms with Gasteiger partial charge in [-0.05, 0) is 43.4 Å². The maximum Gasteiger partial charge on any atom is 0.274 e. The van der Waals surface area contributed by atoms with Crippen LogP contribution in [0.25, 0.3) is 5.65 Å². The maximum absolute atomic E-state index is 14.3. The Hall–Kier alpha value is -2.69. The van der Waals surface area contributed by atoms with Crippen LogP contribution in [0.1, 0.15) is 34.5 Å². The Morgan fingerprint density at radius 2 is 1.96 bits per heavy atom. The third-order valence-electron chi connectivity index (χ3n) is 3.94. The third-order valence-corrected chi connectivity index (χ3v) is 3.94. The number of imidazole rings is 1. The zero-order valence-corrected chi connectivity index (χ0v) is 13.6. The number of amides is 1. The van der Waals surface area contributed by atoms with Crippen molar-refractivity contribution in [2.24, 2.45) is 0 Å². The van der Waals surface area contributed by atoms with Crippen molar-refractivity contribution in [3.05, 3.63) is 71.4 Å². The lowest BCUT2D eigenvalue weighted by Crippen LogP contribution is -2.25. The van der Waals surface area contributed by atoms with Crippen molar-refractivity contribution < 1.29 is 9.18 Å². The summed E-state index contributed by atoms with van der Waals surface area (Å²) in [6, 6.07) is 13.8. The van der Waals surface area contributed by atoms with Crippen LogP contribution in [0, 0.1) is 12.9 Å². The molecule has 124 valence electrons. The minimum Gasteiger partial charge on any atom is -0.351 e. The molecule has 1 aromatic carbocycles. The van der Waals surface area contributed by atoms with Gasteiger partial charge in [0.05, 0.1) is 0 Å². The topological polar surface area (TPSA) is 46.4 Å². The zero-order chi connectivity index (χ0) is 16.9. The fourth-order valence-electron chi connectivity index (χ4n) is 2.65. The number of halogens is 1. The summed E-state index contributed by atoms with van der Waals surface area (Å²) in [5.74, 6) is -1.08. The number of carbonyl (C=O) groups is 1. The Labute approximate surface area is 140 Å². The van der Waals surface area contributed by atoms with E-state index in [9.17, 15) is 9.18 Å². The molecule has 3 aromatic rings. The van der Waals surface area contributed by atoms with E-state index in [2.05, 4.69) is 22.4 Å². The van der Waals surface area contributed by atoms with Crippen molar-refractivity contribution in [3.63, 3.8) is 0 Å². The summed E-state index contributed by atoms with van der Waals surface area (Å²) in [5, 5.41) is 2.75. The molecule has 0 atom stereocenters. The van der Waals surface area contributed by atoms with Gasteiger partial charge in [-0.25, -0.2) is 4.98 Å². The van der Waals surface area contributed by atoms with Gasteiger partial charge in [-0.15, -0.1) is 0 Å². The standard InChI is InChI=1S/C19H20FN3O/c1-14-10-11-16-22-17(18(20)23(16)13-14)19(24)21-12-6-5-9-15-7-3-2-4-8-15/h2-4,7-8,10-11,13H,5-6,9,12H2,1H3,(H,21,24). The van der Waals surface area contributed by atoms with E-state index in [0.29, 0.717) is 12.2 Å². The van der Waals surface area contributed by atoms with E-state index in [1.54, 1.807) is 12.3 Å². The highest BCUT2D eigenvalue weighted by atomic mass is 19.1. The van der Waals surface area contributed by atoms with Crippen LogP contribution >= 0.6 is 0 Å². The molecule has 0 radical (unpaired) electrons. The summed E-state index contributed by atoms with van der Waals surface area (Å²) in [4.78, 5) is 16.2. The van der Waals surface area contributed by atoms with E-state index in [1.807, 2.05) is 31.2 Å². The van der Waals surface area contributed by atoms with Crippen LogP contribution in [0.3, 0.4) is 0 Å². The highest BCUT2D eigenvalue weighted by Gasteiger charge is 2.18. The first-order valence-corrected chi connectivity index (χ1v) is 8.11. The maximum atomic E-state index is 14.3. The van der Waals surface area contributed by atoms with E-state index < -0.39 is 11.9 Å². The smallest absolute Gasteiger partial charge is 0.274 e. The van der Waals surface area contributed by atoms with Crippen LogP contribution in [0.15, 0.2) is 48.7 Å². The minimum atomic E-state index is -0.615. The lowest BCUT2D eigenvalue weighted by molar-refractivity contribution is 0.0944. The first-order valence-electron chi connectivity index (χ1n) is 8.11. The molecule has 0 aliphatic rings. The van der Waals surface area contributed by atoms with Gasteiger partial charge in [-0.1, -0.05) is 36.4 Å². The molecule has 0 spiro atoms. The van der Waals surface area contributed by atoms with Gasteiger partial charge in [0.25, 0.3) is 5.91 Å². The van der Waals surface area contributed by atoms with Crippen LogP contribution in [-0.4, -0.2) is 21.8 Å². The molecule has 0 aliphatic carbocycles. The quantitative estimate of drug-likeness (QED) is 0.705. The Kier molecular flexibility index (Phi) is 4.89. The first kappa shape index (κ1) is 16.2.